The van der Waals surface area contributed by atoms with E-state index >= 15 is 0 Å². The van der Waals surface area contributed by atoms with E-state index in [0.29, 0.717) is 35.3 Å². The van der Waals surface area contributed by atoms with Crippen molar-refractivity contribution in [1.29, 1.82) is 0 Å². The molecular formula is C15H23ClN2O2S. The third kappa shape index (κ3) is 5.34. The molecule has 0 unspecified atom stereocenters. The van der Waals surface area contributed by atoms with Crippen molar-refractivity contribution in [2.45, 2.75) is 20.8 Å². The summed E-state index contributed by atoms with van der Waals surface area (Å²) in [6.07, 6.45) is 0. The van der Waals surface area contributed by atoms with Crippen LogP contribution in [0, 0.1) is 0 Å². The van der Waals surface area contributed by atoms with E-state index in [-0.39, 0.29) is 4.99 Å². The van der Waals surface area contributed by atoms with E-state index in [1.54, 1.807) is 12.1 Å². The Morgan fingerprint density at radius 3 is 2.43 bits per heavy atom. The lowest BCUT2D eigenvalue weighted by molar-refractivity contribution is 0.214. The topological polar surface area (TPSA) is 47.7 Å². The Bertz CT molecular complexity index is 479. The number of halogens is 1. The maximum Gasteiger partial charge on any atom is 0.179 e. The van der Waals surface area contributed by atoms with Crippen LogP contribution in [0.4, 0.5) is 0 Å². The highest BCUT2D eigenvalue weighted by Crippen LogP contribution is 2.36. The molecule has 0 spiro atoms. The fourth-order valence-corrected chi connectivity index (χ4v) is 2.31. The Kier molecular flexibility index (Phi) is 7.78. The Morgan fingerprint density at radius 1 is 1.24 bits per heavy atom. The molecule has 0 radical (unpaired) electrons. The Balaban J connectivity index is 2.87. The standard InChI is InChI=1S/C15H23ClN2O2S/c1-4-18(5-2)7-8-20-14-12(16)9-11(15(17)21)10-13(14)19-6-3/h9-10H,4-8H2,1-3H3,(H2,17,21). The van der Waals surface area contributed by atoms with Crippen LogP contribution >= 0.6 is 23.8 Å². The number of ether oxygens (including phenoxy) is 2. The predicted molar refractivity (Wildman–Crippen MR) is 91.8 cm³/mol. The first-order valence-corrected chi connectivity index (χ1v) is 7.93. The van der Waals surface area contributed by atoms with Crippen LogP contribution in [0.25, 0.3) is 0 Å². The van der Waals surface area contributed by atoms with Gasteiger partial charge in [0.1, 0.15) is 11.6 Å². The molecule has 2 N–H and O–H groups in total. The van der Waals surface area contributed by atoms with Crippen LogP contribution in [0.5, 0.6) is 11.5 Å². The van der Waals surface area contributed by atoms with E-state index in [4.69, 9.17) is 39.0 Å². The first-order valence-electron chi connectivity index (χ1n) is 7.14. The van der Waals surface area contributed by atoms with E-state index in [1.165, 1.54) is 0 Å². The predicted octanol–water partition coefficient (Wildman–Crippen LogP) is 3.09. The lowest BCUT2D eigenvalue weighted by atomic mass is 10.2. The third-order valence-electron chi connectivity index (χ3n) is 3.14. The molecule has 118 valence electrons. The van der Waals surface area contributed by atoms with Crippen LogP contribution in [-0.4, -0.2) is 42.7 Å². The number of hydrogen-bond donors (Lipinski definition) is 1. The minimum absolute atomic E-state index is 0.285. The molecule has 0 atom stereocenters. The highest BCUT2D eigenvalue weighted by atomic mass is 35.5. The number of thiocarbonyl (C=S) groups is 1. The summed E-state index contributed by atoms with van der Waals surface area (Å²) >= 11 is 11.2. The molecule has 21 heavy (non-hydrogen) atoms. The SMILES string of the molecule is CCOc1cc(C(N)=S)cc(Cl)c1OCCN(CC)CC. The molecule has 0 aromatic heterocycles. The minimum atomic E-state index is 0.285. The Hall–Kier alpha value is -1.04. The van der Waals surface area contributed by atoms with Gasteiger partial charge in [-0.2, -0.15) is 0 Å². The van der Waals surface area contributed by atoms with E-state index in [1.807, 2.05) is 6.92 Å². The smallest absolute Gasteiger partial charge is 0.179 e. The summed E-state index contributed by atoms with van der Waals surface area (Å²) in [7, 11) is 0. The fourth-order valence-electron chi connectivity index (χ4n) is 1.93. The molecule has 1 aromatic rings. The summed E-state index contributed by atoms with van der Waals surface area (Å²) in [5.74, 6) is 1.12. The van der Waals surface area contributed by atoms with Gasteiger partial charge in [-0.1, -0.05) is 37.7 Å². The lowest BCUT2D eigenvalue weighted by Crippen LogP contribution is -2.28. The van der Waals surface area contributed by atoms with Gasteiger partial charge in [-0.15, -0.1) is 0 Å². The van der Waals surface area contributed by atoms with Gasteiger partial charge in [-0.3, -0.25) is 0 Å². The van der Waals surface area contributed by atoms with Gasteiger partial charge in [-0.25, -0.2) is 0 Å². The number of nitrogens with zero attached hydrogens (tertiary/aromatic N) is 1. The molecule has 0 aliphatic heterocycles. The second-order valence-electron chi connectivity index (χ2n) is 4.46. The van der Waals surface area contributed by atoms with Crippen LogP contribution < -0.4 is 15.2 Å². The number of hydrogen-bond acceptors (Lipinski definition) is 4. The maximum absolute atomic E-state index is 6.26. The number of rotatable bonds is 9. The first kappa shape index (κ1) is 18.0. The number of benzene rings is 1. The van der Waals surface area contributed by atoms with Crippen molar-refractivity contribution in [2.24, 2.45) is 5.73 Å². The number of likely N-dealkylation sites (N-methyl/N-ethyl adjacent to an activating group) is 1. The average molecular weight is 331 g/mol. The van der Waals surface area contributed by atoms with Gasteiger partial charge in [0, 0.05) is 12.1 Å². The normalized spacial score (nSPS) is 10.7. The zero-order chi connectivity index (χ0) is 15.8. The molecule has 0 bridgehead atoms. The van der Waals surface area contributed by atoms with Crippen molar-refractivity contribution < 1.29 is 9.47 Å². The second kappa shape index (κ2) is 9.07. The maximum atomic E-state index is 6.26. The van der Waals surface area contributed by atoms with Gasteiger partial charge in [0.2, 0.25) is 0 Å². The van der Waals surface area contributed by atoms with E-state index < -0.39 is 0 Å². The van der Waals surface area contributed by atoms with E-state index in [0.717, 1.165) is 19.6 Å². The molecule has 0 fully saturated rings. The van der Waals surface area contributed by atoms with Gasteiger partial charge in [0.05, 0.1) is 11.6 Å². The zero-order valence-electron chi connectivity index (χ0n) is 12.8. The van der Waals surface area contributed by atoms with Crippen LogP contribution in [-0.2, 0) is 0 Å². The van der Waals surface area contributed by atoms with Crippen molar-refractivity contribution in [1.82, 2.24) is 4.90 Å². The van der Waals surface area contributed by atoms with Crippen LogP contribution in [0.3, 0.4) is 0 Å². The lowest BCUT2D eigenvalue weighted by Gasteiger charge is -2.19. The van der Waals surface area contributed by atoms with Gasteiger partial charge in [0.25, 0.3) is 0 Å². The molecule has 4 nitrogen and oxygen atoms in total. The Labute approximate surface area is 137 Å². The molecule has 0 saturated carbocycles. The van der Waals surface area contributed by atoms with Crippen LogP contribution in [0.1, 0.15) is 26.3 Å². The second-order valence-corrected chi connectivity index (χ2v) is 5.30. The molecule has 0 amide bonds. The van der Waals surface area contributed by atoms with Gasteiger partial charge in [-0.05, 0) is 32.1 Å². The summed E-state index contributed by atoms with van der Waals surface area (Å²) < 4.78 is 11.4. The van der Waals surface area contributed by atoms with Crippen molar-refractivity contribution in [3.63, 3.8) is 0 Å². The monoisotopic (exact) mass is 330 g/mol. The minimum Gasteiger partial charge on any atom is -0.490 e. The fraction of sp³-hybridized carbons (Fsp3) is 0.533. The molecule has 0 saturated heterocycles. The quantitative estimate of drug-likeness (QED) is 0.705. The van der Waals surface area contributed by atoms with E-state index in [9.17, 15) is 0 Å². The van der Waals surface area contributed by atoms with Crippen molar-refractivity contribution in [3.05, 3.63) is 22.7 Å². The molecular weight excluding hydrogens is 308 g/mol. The molecule has 6 heteroatoms. The van der Waals surface area contributed by atoms with Crippen molar-refractivity contribution in [3.8, 4) is 11.5 Å². The van der Waals surface area contributed by atoms with Crippen LogP contribution in [0.15, 0.2) is 12.1 Å². The summed E-state index contributed by atoms with van der Waals surface area (Å²) in [6, 6.07) is 3.48. The average Bonchev–Trinajstić information content (AvgIpc) is 2.45. The molecule has 0 heterocycles. The molecule has 1 aromatic carbocycles. The third-order valence-corrected chi connectivity index (χ3v) is 3.66. The van der Waals surface area contributed by atoms with Gasteiger partial charge in [0.15, 0.2) is 11.5 Å². The van der Waals surface area contributed by atoms with Gasteiger partial charge < -0.3 is 20.1 Å². The largest absolute Gasteiger partial charge is 0.490 e. The highest BCUT2D eigenvalue weighted by molar-refractivity contribution is 7.80. The van der Waals surface area contributed by atoms with Crippen molar-refractivity contribution >= 4 is 28.8 Å². The number of nitrogens with two attached hydrogens (primary N) is 1. The molecule has 0 aliphatic carbocycles. The summed E-state index contributed by atoms with van der Waals surface area (Å²) in [4.78, 5) is 2.56. The molecule has 0 aliphatic rings. The molecule has 1 rings (SSSR count). The van der Waals surface area contributed by atoms with Gasteiger partial charge >= 0.3 is 0 Å². The van der Waals surface area contributed by atoms with E-state index in [2.05, 4.69) is 18.7 Å². The summed E-state index contributed by atoms with van der Waals surface area (Å²) in [5, 5.41) is 0.461. The Morgan fingerprint density at radius 2 is 1.90 bits per heavy atom. The zero-order valence-corrected chi connectivity index (χ0v) is 14.4. The van der Waals surface area contributed by atoms with Crippen molar-refractivity contribution in [2.75, 3.05) is 32.8 Å². The highest BCUT2D eigenvalue weighted by Gasteiger charge is 2.14. The summed E-state index contributed by atoms with van der Waals surface area (Å²) in [6.45, 7) is 10.0. The van der Waals surface area contributed by atoms with Crippen LogP contribution in [0.2, 0.25) is 5.02 Å². The first-order chi connectivity index (χ1) is 10.0. The summed E-state index contributed by atoms with van der Waals surface area (Å²) in [5.41, 5.74) is 6.32.